The van der Waals surface area contributed by atoms with Crippen molar-refractivity contribution in [1.82, 2.24) is 24.6 Å². The maximum Gasteiger partial charge on any atom is 0.266 e. The molecule has 0 aliphatic carbocycles. The molecule has 7 nitrogen and oxygen atoms in total. The van der Waals surface area contributed by atoms with Crippen molar-refractivity contribution in [3.63, 3.8) is 0 Å². The first-order valence-corrected chi connectivity index (χ1v) is 10.3. The molecule has 0 amide bonds. The molecule has 0 N–H and O–H groups in total. The second kappa shape index (κ2) is 9.41. The van der Waals surface area contributed by atoms with E-state index in [0.29, 0.717) is 12.6 Å². The number of rotatable bonds is 6. The highest BCUT2D eigenvalue weighted by Gasteiger charge is 2.26. The Morgan fingerprint density at radius 2 is 1.89 bits per heavy atom. The Morgan fingerprint density at radius 1 is 1.00 bits per heavy atom. The van der Waals surface area contributed by atoms with Crippen LogP contribution in [0.1, 0.15) is 19.3 Å². The molecule has 7 heteroatoms. The lowest BCUT2D eigenvalue weighted by Crippen LogP contribution is -2.41. The largest absolute Gasteiger partial charge is 0.380 e. The molecular weight excluding hydrogens is 354 g/mol. The van der Waals surface area contributed by atoms with E-state index in [1.165, 1.54) is 6.42 Å². The van der Waals surface area contributed by atoms with E-state index in [1.807, 2.05) is 12.1 Å². The van der Waals surface area contributed by atoms with Gasteiger partial charge in [0.15, 0.2) is 0 Å². The Labute approximate surface area is 165 Å². The molecule has 2 aliphatic heterocycles. The molecule has 28 heavy (non-hydrogen) atoms. The third-order valence-corrected chi connectivity index (χ3v) is 5.74. The van der Waals surface area contributed by atoms with Gasteiger partial charge < -0.3 is 4.74 Å². The molecule has 2 saturated heterocycles. The number of pyridine rings is 1. The Bertz CT molecular complexity index is 802. The first kappa shape index (κ1) is 19.2. The highest BCUT2D eigenvalue weighted by atomic mass is 16.5. The number of hydrogen-bond donors (Lipinski definition) is 0. The topological polar surface area (TPSA) is 63.5 Å². The summed E-state index contributed by atoms with van der Waals surface area (Å²) in [4.78, 5) is 21.5. The molecule has 2 fully saturated rings. The molecule has 2 aromatic rings. The first-order chi connectivity index (χ1) is 13.8. The van der Waals surface area contributed by atoms with Crippen LogP contribution in [0.25, 0.3) is 11.3 Å². The van der Waals surface area contributed by atoms with Crippen molar-refractivity contribution >= 4 is 0 Å². The molecule has 2 aliphatic rings. The lowest BCUT2D eigenvalue weighted by molar-refractivity contribution is 0.135. The van der Waals surface area contributed by atoms with Gasteiger partial charge in [0.25, 0.3) is 5.56 Å². The first-order valence-electron chi connectivity index (χ1n) is 10.3. The molecule has 0 saturated carbocycles. The number of likely N-dealkylation sites (tertiary alicyclic amines) is 1. The second-order valence-electron chi connectivity index (χ2n) is 7.61. The van der Waals surface area contributed by atoms with Gasteiger partial charge in [-0.15, -0.1) is 0 Å². The zero-order valence-electron chi connectivity index (χ0n) is 16.4. The summed E-state index contributed by atoms with van der Waals surface area (Å²) < 4.78 is 7.19. The molecule has 0 spiro atoms. The van der Waals surface area contributed by atoms with Gasteiger partial charge >= 0.3 is 0 Å². The summed E-state index contributed by atoms with van der Waals surface area (Å²) in [6, 6.07) is 7.64. The van der Waals surface area contributed by atoms with Crippen molar-refractivity contribution in [3.8, 4) is 11.3 Å². The summed E-state index contributed by atoms with van der Waals surface area (Å²) in [6.07, 6.45) is 6.92. The maximum absolute atomic E-state index is 12.4. The van der Waals surface area contributed by atoms with Gasteiger partial charge in [-0.3, -0.25) is 19.6 Å². The second-order valence-corrected chi connectivity index (χ2v) is 7.61. The fourth-order valence-corrected chi connectivity index (χ4v) is 4.14. The smallest absolute Gasteiger partial charge is 0.266 e. The van der Waals surface area contributed by atoms with Crippen LogP contribution < -0.4 is 5.56 Å². The molecule has 0 radical (unpaired) electrons. The molecule has 4 rings (SSSR count). The highest BCUT2D eigenvalue weighted by molar-refractivity contribution is 5.56. The van der Waals surface area contributed by atoms with Crippen LogP contribution in [-0.4, -0.2) is 76.5 Å². The molecule has 2 aromatic heterocycles. The fraction of sp³-hybridized carbons (Fsp3) is 0.571. The Kier molecular flexibility index (Phi) is 6.46. The van der Waals surface area contributed by atoms with Crippen LogP contribution in [0.4, 0.5) is 0 Å². The van der Waals surface area contributed by atoms with E-state index in [4.69, 9.17) is 4.74 Å². The monoisotopic (exact) mass is 383 g/mol. The third kappa shape index (κ3) is 4.84. The summed E-state index contributed by atoms with van der Waals surface area (Å²) in [5.74, 6) is 0. The van der Waals surface area contributed by atoms with Crippen LogP contribution >= 0.6 is 0 Å². The third-order valence-electron chi connectivity index (χ3n) is 5.74. The fourth-order valence-electron chi connectivity index (χ4n) is 4.14. The van der Waals surface area contributed by atoms with Gasteiger partial charge in [-0.1, -0.05) is 0 Å². The van der Waals surface area contributed by atoms with Crippen LogP contribution in [0.2, 0.25) is 0 Å². The standard InChI is InChI=1S/C21H29N5O2/c27-21-5-4-20(18-6-8-22-9-7-18)23-26(21)17-19-3-1-11-25(19)13-12-24-10-2-15-28-16-14-24/h4-9,19H,1-3,10-17H2. The predicted molar refractivity (Wildman–Crippen MR) is 108 cm³/mol. The van der Waals surface area contributed by atoms with E-state index in [1.54, 1.807) is 29.2 Å². The number of ether oxygens (including phenoxy) is 1. The molecule has 0 aromatic carbocycles. The van der Waals surface area contributed by atoms with E-state index in [-0.39, 0.29) is 5.56 Å². The van der Waals surface area contributed by atoms with Crippen LogP contribution in [0.15, 0.2) is 41.5 Å². The minimum Gasteiger partial charge on any atom is -0.380 e. The molecular formula is C21H29N5O2. The quantitative estimate of drug-likeness (QED) is 0.753. The molecule has 150 valence electrons. The summed E-state index contributed by atoms with van der Waals surface area (Å²) in [6.45, 7) is 7.73. The lowest BCUT2D eigenvalue weighted by Gasteiger charge is -2.28. The minimum absolute atomic E-state index is 0.0330. The van der Waals surface area contributed by atoms with Crippen molar-refractivity contribution in [2.75, 3.05) is 45.9 Å². The Morgan fingerprint density at radius 3 is 2.79 bits per heavy atom. The average molecular weight is 383 g/mol. The summed E-state index contributed by atoms with van der Waals surface area (Å²) in [5, 5.41) is 4.63. The van der Waals surface area contributed by atoms with Gasteiger partial charge in [-0.25, -0.2) is 4.68 Å². The number of hydrogen-bond acceptors (Lipinski definition) is 6. The maximum atomic E-state index is 12.4. The Hall–Kier alpha value is -2.09. The van der Waals surface area contributed by atoms with E-state index in [0.717, 1.165) is 70.0 Å². The van der Waals surface area contributed by atoms with Crippen molar-refractivity contribution in [1.29, 1.82) is 0 Å². The molecule has 1 atom stereocenters. The van der Waals surface area contributed by atoms with Crippen LogP contribution in [0.5, 0.6) is 0 Å². The van der Waals surface area contributed by atoms with Gasteiger partial charge in [0.05, 0.1) is 18.8 Å². The van der Waals surface area contributed by atoms with Crippen molar-refractivity contribution < 1.29 is 4.74 Å². The van der Waals surface area contributed by atoms with Gasteiger partial charge in [0.2, 0.25) is 0 Å². The van der Waals surface area contributed by atoms with Crippen molar-refractivity contribution in [3.05, 3.63) is 47.0 Å². The molecule has 0 bridgehead atoms. The minimum atomic E-state index is -0.0330. The average Bonchev–Trinajstić information content (AvgIpc) is 3.00. The van der Waals surface area contributed by atoms with E-state index in [2.05, 4.69) is 19.9 Å². The summed E-state index contributed by atoms with van der Waals surface area (Å²) in [5.41, 5.74) is 1.76. The van der Waals surface area contributed by atoms with Gasteiger partial charge in [0, 0.05) is 62.9 Å². The summed E-state index contributed by atoms with van der Waals surface area (Å²) in [7, 11) is 0. The van der Waals surface area contributed by atoms with Gasteiger partial charge in [-0.2, -0.15) is 5.10 Å². The lowest BCUT2D eigenvalue weighted by atomic mass is 10.2. The molecule has 4 heterocycles. The zero-order chi connectivity index (χ0) is 19.2. The zero-order valence-corrected chi connectivity index (χ0v) is 16.4. The van der Waals surface area contributed by atoms with Crippen LogP contribution in [0.3, 0.4) is 0 Å². The van der Waals surface area contributed by atoms with Crippen molar-refractivity contribution in [2.24, 2.45) is 0 Å². The van der Waals surface area contributed by atoms with E-state index < -0.39 is 0 Å². The van der Waals surface area contributed by atoms with Crippen LogP contribution in [-0.2, 0) is 11.3 Å². The Balaban J connectivity index is 1.40. The van der Waals surface area contributed by atoms with Crippen LogP contribution in [0, 0.1) is 0 Å². The summed E-state index contributed by atoms with van der Waals surface area (Å²) >= 11 is 0. The normalized spacial score (nSPS) is 21.6. The number of nitrogens with zero attached hydrogens (tertiary/aromatic N) is 5. The van der Waals surface area contributed by atoms with E-state index in [9.17, 15) is 4.79 Å². The van der Waals surface area contributed by atoms with Crippen molar-refractivity contribution in [2.45, 2.75) is 31.8 Å². The SMILES string of the molecule is O=c1ccc(-c2ccncc2)nn1CC1CCCN1CCN1CCCOCC1. The molecule has 1 unspecified atom stereocenters. The van der Waals surface area contributed by atoms with Gasteiger partial charge in [0.1, 0.15) is 0 Å². The number of aromatic nitrogens is 3. The highest BCUT2D eigenvalue weighted by Crippen LogP contribution is 2.19. The van der Waals surface area contributed by atoms with E-state index >= 15 is 0 Å². The predicted octanol–water partition coefficient (Wildman–Crippen LogP) is 1.49. The van der Waals surface area contributed by atoms with Gasteiger partial charge in [-0.05, 0) is 44.0 Å².